The van der Waals surface area contributed by atoms with Crippen molar-refractivity contribution in [1.29, 1.82) is 0 Å². The van der Waals surface area contributed by atoms with Gasteiger partial charge in [-0.2, -0.15) is 0 Å². The maximum Gasteiger partial charge on any atom is 0.248 e. The van der Waals surface area contributed by atoms with E-state index < -0.39 is 0 Å². The van der Waals surface area contributed by atoms with Gasteiger partial charge in [0.1, 0.15) is 6.61 Å². The highest BCUT2D eigenvalue weighted by Crippen LogP contribution is 2.28. The molecule has 1 saturated carbocycles. The van der Waals surface area contributed by atoms with E-state index in [-0.39, 0.29) is 12.5 Å². The monoisotopic (exact) mass is 270 g/mol. The summed E-state index contributed by atoms with van der Waals surface area (Å²) in [6.45, 7) is 2.66. The highest BCUT2D eigenvalue weighted by Gasteiger charge is 2.31. The maximum absolute atomic E-state index is 11.9. The summed E-state index contributed by atoms with van der Waals surface area (Å²) in [5.74, 6) is 0.788. The van der Waals surface area contributed by atoms with Crippen LogP contribution >= 0.6 is 0 Å². The largest absolute Gasteiger partial charge is 0.380 e. The molecule has 0 bridgehead atoms. The Bertz CT molecular complexity index is 307. The first-order chi connectivity index (χ1) is 9.10. The standard InChI is InChI=1S/C14H26N2O3/c1-15-8-13(18-3)6-12(15)7-16(2)14(17)10-19-9-11-4-5-11/h11-13H,4-10H2,1-3H3/t12-,13-/m0/s1. The molecule has 2 rings (SSSR count). The third-order valence-corrected chi connectivity index (χ3v) is 4.17. The van der Waals surface area contributed by atoms with Crippen molar-refractivity contribution in [2.24, 2.45) is 5.92 Å². The summed E-state index contributed by atoms with van der Waals surface area (Å²) in [6.07, 6.45) is 3.81. The van der Waals surface area contributed by atoms with Gasteiger partial charge in [-0.15, -0.1) is 0 Å². The Labute approximate surface area is 115 Å². The van der Waals surface area contributed by atoms with Crippen molar-refractivity contribution >= 4 is 5.91 Å². The Morgan fingerprint density at radius 1 is 1.42 bits per heavy atom. The number of amides is 1. The van der Waals surface area contributed by atoms with Gasteiger partial charge < -0.3 is 14.4 Å². The molecule has 0 radical (unpaired) electrons. The Hall–Kier alpha value is -0.650. The van der Waals surface area contributed by atoms with E-state index in [1.807, 2.05) is 7.05 Å². The Balaban J connectivity index is 1.67. The number of hydrogen-bond donors (Lipinski definition) is 0. The molecule has 2 fully saturated rings. The van der Waals surface area contributed by atoms with Crippen LogP contribution in [0.3, 0.4) is 0 Å². The molecular formula is C14H26N2O3. The van der Waals surface area contributed by atoms with E-state index in [2.05, 4.69) is 11.9 Å². The number of likely N-dealkylation sites (tertiary alicyclic amines) is 1. The molecule has 0 aromatic carbocycles. The molecule has 110 valence electrons. The molecule has 1 aliphatic heterocycles. The molecular weight excluding hydrogens is 244 g/mol. The van der Waals surface area contributed by atoms with Crippen molar-refractivity contribution in [2.45, 2.75) is 31.4 Å². The molecule has 0 unspecified atom stereocenters. The first-order valence-electron chi connectivity index (χ1n) is 7.15. The SMILES string of the molecule is CO[C@H]1C[C@@H](CN(C)C(=O)COCC2CC2)N(C)C1. The summed E-state index contributed by atoms with van der Waals surface area (Å²) in [4.78, 5) is 16.0. The average Bonchev–Trinajstić information content (AvgIpc) is 3.14. The number of ether oxygens (including phenoxy) is 2. The third kappa shape index (κ3) is 4.44. The number of likely N-dealkylation sites (N-methyl/N-ethyl adjacent to an activating group) is 2. The molecule has 5 nitrogen and oxygen atoms in total. The van der Waals surface area contributed by atoms with Crippen LogP contribution in [0.25, 0.3) is 0 Å². The number of hydrogen-bond acceptors (Lipinski definition) is 4. The lowest BCUT2D eigenvalue weighted by molar-refractivity contribution is -0.135. The van der Waals surface area contributed by atoms with Gasteiger partial charge in [-0.25, -0.2) is 0 Å². The van der Waals surface area contributed by atoms with Crippen LogP contribution in [0, 0.1) is 5.92 Å². The van der Waals surface area contributed by atoms with Crippen LogP contribution in [-0.2, 0) is 14.3 Å². The number of nitrogens with zero attached hydrogens (tertiary/aromatic N) is 2. The van der Waals surface area contributed by atoms with Crippen LogP contribution < -0.4 is 0 Å². The quantitative estimate of drug-likeness (QED) is 0.679. The van der Waals surface area contributed by atoms with Crippen molar-refractivity contribution in [3.05, 3.63) is 0 Å². The van der Waals surface area contributed by atoms with Gasteiger partial charge in [0.15, 0.2) is 0 Å². The molecule has 0 aromatic rings. The zero-order valence-electron chi connectivity index (χ0n) is 12.3. The van der Waals surface area contributed by atoms with Crippen molar-refractivity contribution in [3.63, 3.8) is 0 Å². The van der Waals surface area contributed by atoms with Gasteiger partial charge in [0.25, 0.3) is 0 Å². The molecule has 2 aliphatic rings. The van der Waals surface area contributed by atoms with Crippen LogP contribution in [0.5, 0.6) is 0 Å². The Morgan fingerprint density at radius 2 is 2.16 bits per heavy atom. The highest BCUT2D eigenvalue weighted by molar-refractivity contribution is 5.77. The third-order valence-electron chi connectivity index (χ3n) is 4.17. The summed E-state index contributed by atoms with van der Waals surface area (Å²) in [5, 5.41) is 0. The Morgan fingerprint density at radius 3 is 2.74 bits per heavy atom. The summed E-state index contributed by atoms with van der Waals surface area (Å²) in [7, 11) is 5.70. The van der Waals surface area contributed by atoms with Gasteiger partial charge >= 0.3 is 0 Å². The second-order valence-electron chi connectivity index (χ2n) is 5.92. The van der Waals surface area contributed by atoms with Gasteiger partial charge in [0, 0.05) is 33.3 Å². The Kier molecular flexibility index (Phi) is 5.19. The highest BCUT2D eigenvalue weighted by atomic mass is 16.5. The second kappa shape index (κ2) is 6.68. The summed E-state index contributed by atoms with van der Waals surface area (Å²) < 4.78 is 10.8. The van der Waals surface area contributed by atoms with Crippen molar-refractivity contribution in [2.75, 3.05) is 47.5 Å². The topological polar surface area (TPSA) is 42.0 Å². The number of rotatable bonds is 7. The van der Waals surface area contributed by atoms with Gasteiger partial charge in [-0.3, -0.25) is 9.69 Å². The lowest BCUT2D eigenvalue weighted by Gasteiger charge is -2.25. The predicted molar refractivity (Wildman–Crippen MR) is 73.0 cm³/mol. The van der Waals surface area contributed by atoms with Crippen molar-refractivity contribution in [3.8, 4) is 0 Å². The van der Waals surface area contributed by atoms with Crippen LogP contribution in [0.1, 0.15) is 19.3 Å². The predicted octanol–water partition coefficient (Wildman–Crippen LogP) is 0.591. The number of carbonyl (C=O) groups excluding carboxylic acids is 1. The minimum atomic E-state index is 0.0786. The molecule has 2 atom stereocenters. The fourth-order valence-electron chi connectivity index (χ4n) is 2.54. The molecule has 5 heteroatoms. The smallest absolute Gasteiger partial charge is 0.248 e. The van der Waals surface area contributed by atoms with E-state index in [1.54, 1.807) is 12.0 Å². The lowest BCUT2D eigenvalue weighted by atomic mass is 10.2. The first-order valence-corrected chi connectivity index (χ1v) is 7.15. The number of methoxy groups -OCH3 is 1. The summed E-state index contributed by atoms with van der Waals surface area (Å²) in [6, 6.07) is 0.391. The maximum atomic E-state index is 11.9. The summed E-state index contributed by atoms with van der Waals surface area (Å²) >= 11 is 0. The zero-order valence-corrected chi connectivity index (χ0v) is 12.3. The zero-order chi connectivity index (χ0) is 13.8. The normalized spacial score (nSPS) is 27.7. The molecule has 19 heavy (non-hydrogen) atoms. The fourth-order valence-corrected chi connectivity index (χ4v) is 2.54. The molecule has 1 saturated heterocycles. The fraction of sp³-hybridized carbons (Fsp3) is 0.929. The molecule has 0 N–H and O–H groups in total. The van der Waals surface area contributed by atoms with Crippen molar-refractivity contribution < 1.29 is 14.3 Å². The van der Waals surface area contributed by atoms with Crippen LogP contribution in [0.4, 0.5) is 0 Å². The molecule has 0 aromatic heterocycles. The van der Waals surface area contributed by atoms with E-state index in [4.69, 9.17) is 9.47 Å². The number of carbonyl (C=O) groups is 1. The van der Waals surface area contributed by atoms with Crippen LogP contribution in [0.2, 0.25) is 0 Å². The summed E-state index contributed by atoms with van der Waals surface area (Å²) in [5.41, 5.74) is 0. The van der Waals surface area contributed by atoms with Gasteiger partial charge in [-0.1, -0.05) is 0 Å². The molecule has 1 aliphatic carbocycles. The second-order valence-corrected chi connectivity index (χ2v) is 5.92. The average molecular weight is 270 g/mol. The van der Waals surface area contributed by atoms with E-state index >= 15 is 0 Å². The van der Waals surface area contributed by atoms with Gasteiger partial charge in [0.05, 0.1) is 12.7 Å². The van der Waals surface area contributed by atoms with E-state index in [0.717, 1.165) is 26.1 Å². The molecule has 1 amide bonds. The van der Waals surface area contributed by atoms with Gasteiger partial charge in [0.2, 0.25) is 5.91 Å². The first kappa shape index (κ1) is 14.8. The van der Waals surface area contributed by atoms with Crippen LogP contribution in [0.15, 0.2) is 0 Å². The minimum Gasteiger partial charge on any atom is -0.380 e. The van der Waals surface area contributed by atoms with Crippen molar-refractivity contribution in [1.82, 2.24) is 9.80 Å². The van der Waals surface area contributed by atoms with E-state index in [0.29, 0.717) is 18.1 Å². The van der Waals surface area contributed by atoms with Crippen LogP contribution in [-0.4, -0.2) is 75.4 Å². The molecule has 0 spiro atoms. The van der Waals surface area contributed by atoms with E-state index in [9.17, 15) is 4.79 Å². The van der Waals surface area contributed by atoms with E-state index in [1.165, 1.54) is 12.8 Å². The lowest BCUT2D eigenvalue weighted by Crippen LogP contribution is -2.41. The molecule has 1 heterocycles. The minimum absolute atomic E-state index is 0.0786. The van der Waals surface area contributed by atoms with Gasteiger partial charge in [-0.05, 0) is 32.2 Å².